The Kier molecular flexibility index (Phi) is 8.48. The van der Waals surface area contributed by atoms with Gasteiger partial charge in [-0.15, -0.1) is 0 Å². The maximum absolute atomic E-state index is 13.4. The van der Waals surface area contributed by atoms with E-state index in [1.54, 1.807) is 6.92 Å². The Bertz CT molecular complexity index is 946. The fraction of sp³-hybridized carbons (Fsp3) is 0.600. The van der Waals surface area contributed by atoms with E-state index in [0.29, 0.717) is 23.4 Å². The molecule has 0 aromatic carbocycles. The number of carbonyl (C=O) groups is 2. The van der Waals surface area contributed by atoms with Crippen molar-refractivity contribution in [1.29, 1.82) is 0 Å². The van der Waals surface area contributed by atoms with E-state index in [-0.39, 0.29) is 35.7 Å². The largest absolute Gasteiger partial charge is 0.481 e. The number of Topliss-reactive ketones (excluding diaryl/α,β-unsaturated/α-hetero) is 1. The minimum absolute atomic E-state index is 0.0160. The lowest BCUT2D eigenvalue weighted by Gasteiger charge is -2.39. The number of carbonyl (C=O) groups excluding carboxylic acids is 1. The van der Waals surface area contributed by atoms with Gasteiger partial charge in [0.2, 0.25) is 0 Å². The Labute approximate surface area is 209 Å². The summed E-state index contributed by atoms with van der Waals surface area (Å²) in [4.78, 5) is 28.0. The first-order chi connectivity index (χ1) is 16.9. The van der Waals surface area contributed by atoms with Crippen molar-refractivity contribution in [2.75, 3.05) is 0 Å². The number of nitrogens with one attached hydrogen (secondary N) is 1. The molecule has 1 saturated heterocycles. The van der Waals surface area contributed by atoms with Crippen molar-refractivity contribution in [2.24, 2.45) is 41.4 Å². The molecule has 9 unspecified atom stereocenters. The van der Waals surface area contributed by atoms with Crippen LogP contribution in [-0.2, 0) is 9.53 Å². The molecule has 2 N–H and O–H groups in total. The van der Waals surface area contributed by atoms with Gasteiger partial charge < -0.3 is 14.8 Å². The van der Waals surface area contributed by atoms with Crippen LogP contribution in [0.2, 0.25) is 0 Å². The molecule has 5 nitrogen and oxygen atoms in total. The highest BCUT2D eigenvalue weighted by atomic mass is 16.5. The molecule has 0 bridgehead atoms. The summed E-state index contributed by atoms with van der Waals surface area (Å²) in [7, 11) is 0. The zero-order chi connectivity index (χ0) is 24.9. The van der Waals surface area contributed by atoms with Crippen LogP contribution in [-0.4, -0.2) is 34.1 Å². The number of hydrogen-bond donors (Lipinski definition) is 2. The molecule has 1 aromatic rings. The zero-order valence-electron chi connectivity index (χ0n) is 21.3. The number of aromatic nitrogens is 1. The third-order valence-electron chi connectivity index (χ3n) is 8.69. The van der Waals surface area contributed by atoms with E-state index in [1.165, 1.54) is 12.8 Å². The van der Waals surface area contributed by atoms with E-state index in [0.717, 1.165) is 25.7 Å². The Hall–Kier alpha value is -2.40. The molecule has 1 saturated carbocycles. The first-order valence-electron chi connectivity index (χ1n) is 13.5. The lowest BCUT2D eigenvalue weighted by molar-refractivity contribution is -0.158. The van der Waals surface area contributed by atoms with Crippen LogP contribution in [0.5, 0.6) is 0 Å². The Morgan fingerprint density at radius 1 is 1.20 bits per heavy atom. The number of ether oxygens (including phenoxy) is 1. The topological polar surface area (TPSA) is 79.4 Å². The minimum Gasteiger partial charge on any atom is -0.481 e. The van der Waals surface area contributed by atoms with Crippen LogP contribution in [0.25, 0.3) is 0 Å². The summed E-state index contributed by atoms with van der Waals surface area (Å²) >= 11 is 0. The number of H-pyrrole nitrogens is 1. The van der Waals surface area contributed by atoms with Crippen molar-refractivity contribution in [1.82, 2.24) is 4.98 Å². The molecule has 2 fully saturated rings. The number of carboxylic acids is 1. The molecule has 9 atom stereocenters. The fourth-order valence-corrected chi connectivity index (χ4v) is 6.52. The van der Waals surface area contributed by atoms with E-state index >= 15 is 0 Å². The number of allylic oxidation sites excluding steroid dienone is 5. The van der Waals surface area contributed by atoms with Crippen molar-refractivity contribution in [3.8, 4) is 0 Å². The molecule has 0 spiro atoms. The van der Waals surface area contributed by atoms with Crippen LogP contribution < -0.4 is 0 Å². The van der Waals surface area contributed by atoms with Gasteiger partial charge in [0.15, 0.2) is 5.78 Å². The number of fused-ring (bicyclic) bond motifs is 1. The van der Waals surface area contributed by atoms with Crippen LogP contribution in [0.3, 0.4) is 0 Å². The number of rotatable bonds is 9. The van der Waals surface area contributed by atoms with Crippen molar-refractivity contribution in [3.63, 3.8) is 0 Å². The van der Waals surface area contributed by atoms with Crippen LogP contribution in [0.1, 0.15) is 69.8 Å². The first kappa shape index (κ1) is 25.7. The molecule has 0 radical (unpaired) electrons. The highest BCUT2D eigenvalue weighted by molar-refractivity contribution is 5.97. The smallest absolute Gasteiger partial charge is 0.308 e. The van der Waals surface area contributed by atoms with Gasteiger partial charge >= 0.3 is 5.97 Å². The van der Waals surface area contributed by atoms with Crippen LogP contribution in [0.4, 0.5) is 0 Å². The summed E-state index contributed by atoms with van der Waals surface area (Å²) in [5.41, 5.74) is 0.713. The van der Waals surface area contributed by atoms with Crippen molar-refractivity contribution < 1.29 is 19.4 Å². The second-order valence-corrected chi connectivity index (χ2v) is 10.9. The fourth-order valence-electron chi connectivity index (χ4n) is 6.52. The highest BCUT2D eigenvalue weighted by Gasteiger charge is 2.42. The maximum Gasteiger partial charge on any atom is 0.308 e. The zero-order valence-corrected chi connectivity index (χ0v) is 21.3. The molecule has 190 valence electrons. The second kappa shape index (κ2) is 11.6. The van der Waals surface area contributed by atoms with Gasteiger partial charge in [0, 0.05) is 24.0 Å². The summed E-state index contributed by atoms with van der Waals surface area (Å²) in [6.07, 6.45) is 21.0. The molecule has 1 aliphatic heterocycles. The van der Waals surface area contributed by atoms with Crippen LogP contribution in [0, 0.1) is 41.4 Å². The summed E-state index contributed by atoms with van der Waals surface area (Å²) in [5.74, 6) is 0.603. The molecule has 35 heavy (non-hydrogen) atoms. The van der Waals surface area contributed by atoms with E-state index in [4.69, 9.17) is 4.74 Å². The molecule has 3 aliphatic rings. The minimum atomic E-state index is -0.789. The van der Waals surface area contributed by atoms with Gasteiger partial charge in [-0.05, 0) is 68.9 Å². The normalized spacial score (nSPS) is 34.8. The Morgan fingerprint density at radius 2 is 2.03 bits per heavy atom. The molecule has 2 heterocycles. The molecule has 1 aromatic heterocycles. The Balaban J connectivity index is 1.45. The van der Waals surface area contributed by atoms with E-state index in [1.807, 2.05) is 18.3 Å². The summed E-state index contributed by atoms with van der Waals surface area (Å²) < 4.78 is 6.34. The number of carboxylic acid groups (broad SMARTS) is 1. The monoisotopic (exact) mass is 479 g/mol. The summed E-state index contributed by atoms with van der Waals surface area (Å²) in [6.45, 7) is 6.12. The van der Waals surface area contributed by atoms with E-state index in [2.05, 4.69) is 55.3 Å². The van der Waals surface area contributed by atoms with E-state index in [9.17, 15) is 14.7 Å². The standard InChI is InChI=1S/C30H41NO4/c1-4-21(29-19(2)14-17-26(35-29)20(3)30(33)34)9-5-6-10-23-16-15-22-11-7-12-24(22)27(23)28(32)25-13-8-18-31-25/h5-6,8-10,13,15-16,18-24,26-27,29,31H,4,7,11-12,14,17H2,1-3H3,(H,33,34). The third-order valence-corrected chi connectivity index (χ3v) is 8.69. The number of aromatic amines is 1. The third kappa shape index (κ3) is 5.72. The van der Waals surface area contributed by atoms with Crippen molar-refractivity contribution >= 4 is 11.8 Å². The van der Waals surface area contributed by atoms with Crippen molar-refractivity contribution in [2.45, 2.75) is 71.5 Å². The molecule has 2 aliphatic carbocycles. The van der Waals surface area contributed by atoms with Crippen molar-refractivity contribution in [3.05, 3.63) is 60.5 Å². The van der Waals surface area contributed by atoms with Gasteiger partial charge in [0.05, 0.1) is 23.8 Å². The molecule has 5 heteroatoms. The molecule has 4 rings (SSSR count). The molecular formula is C30H41NO4. The maximum atomic E-state index is 13.4. The first-order valence-corrected chi connectivity index (χ1v) is 13.5. The Morgan fingerprint density at radius 3 is 2.74 bits per heavy atom. The summed E-state index contributed by atoms with van der Waals surface area (Å²) in [5, 5.41) is 9.42. The lowest BCUT2D eigenvalue weighted by Crippen LogP contribution is -2.42. The second-order valence-electron chi connectivity index (χ2n) is 10.9. The van der Waals surface area contributed by atoms with Gasteiger partial charge in [-0.2, -0.15) is 0 Å². The van der Waals surface area contributed by atoms with Gasteiger partial charge in [-0.25, -0.2) is 0 Å². The average Bonchev–Trinajstić information content (AvgIpc) is 3.56. The van der Waals surface area contributed by atoms with Gasteiger partial charge in [0.1, 0.15) is 0 Å². The number of hydrogen-bond acceptors (Lipinski definition) is 3. The number of aliphatic carboxylic acids is 1. The number of ketones is 1. The van der Waals surface area contributed by atoms with Crippen LogP contribution >= 0.6 is 0 Å². The highest BCUT2D eigenvalue weighted by Crippen LogP contribution is 2.46. The summed E-state index contributed by atoms with van der Waals surface area (Å²) in [6, 6.07) is 3.79. The SMILES string of the molecule is CCC(C=CC=CC1C=CC2CCCC2C1C(=O)c1ccc[nH]1)C1OC(C(C)C(=O)O)CCC1C. The van der Waals surface area contributed by atoms with Gasteiger partial charge in [0.25, 0.3) is 0 Å². The van der Waals surface area contributed by atoms with Gasteiger partial charge in [-0.1, -0.05) is 56.7 Å². The van der Waals surface area contributed by atoms with Crippen LogP contribution in [0.15, 0.2) is 54.8 Å². The average molecular weight is 480 g/mol. The predicted octanol–water partition coefficient (Wildman–Crippen LogP) is 6.46. The predicted molar refractivity (Wildman–Crippen MR) is 138 cm³/mol. The molecular weight excluding hydrogens is 438 g/mol. The quantitative estimate of drug-likeness (QED) is 0.242. The molecule has 0 amide bonds. The van der Waals surface area contributed by atoms with Gasteiger partial charge in [-0.3, -0.25) is 9.59 Å². The van der Waals surface area contributed by atoms with E-state index < -0.39 is 11.9 Å². The lowest BCUT2D eigenvalue weighted by atomic mass is 9.69.